The molecule has 5 heteroatoms. The van der Waals surface area contributed by atoms with Gasteiger partial charge in [0.25, 0.3) is 0 Å². The van der Waals surface area contributed by atoms with Crippen molar-refractivity contribution in [3.05, 3.63) is 35.9 Å². The molecular formula is C24H35N3O2. The summed E-state index contributed by atoms with van der Waals surface area (Å²) in [6.45, 7) is 5.34. The minimum Gasteiger partial charge on any atom is -0.338 e. The Labute approximate surface area is 175 Å². The lowest BCUT2D eigenvalue weighted by atomic mass is 9.89. The second-order valence-electron chi connectivity index (χ2n) is 8.99. The smallest absolute Gasteiger partial charge is 0.250 e. The molecule has 1 atom stereocenters. The molecule has 1 aromatic carbocycles. The first-order valence-corrected chi connectivity index (χ1v) is 11.6. The van der Waals surface area contributed by atoms with Gasteiger partial charge < -0.3 is 9.80 Å². The molecule has 29 heavy (non-hydrogen) atoms. The van der Waals surface area contributed by atoms with Crippen molar-refractivity contribution in [2.45, 2.75) is 57.4 Å². The number of carbonyl (C=O) groups excluding carboxylic acids is 2. The van der Waals surface area contributed by atoms with Crippen LogP contribution in [-0.2, 0) is 9.59 Å². The van der Waals surface area contributed by atoms with Crippen LogP contribution in [-0.4, -0.2) is 65.8 Å². The number of likely N-dealkylation sites (tertiary alicyclic amines) is 1. The fourth-order valence-corrected chi connectivity index (χ4v) is 5.25. The largest absolute Gasteiger partial charge is 0.338 e. The van der Waals surface area contributed by atoms with Crippen LogP contribution < -0.4 is 0 Å². The highest BCUT2D eigenvalue weighted by Crippen LogP contribution is 2.29. The van der Waals surface area contributed by atoms with Crippen molar-refractivity contribution in [3.8, 4) is 0 Å². The zero-order valence-electron chi connectivity index (χ0n) is 17.6. The van der Waals surface area contributed by atoms with E-state index in [1.54, 1.807) is 0 Å². The highest BCUT2D eigenvalue weighted by molar-refractivity contribution is 5.89. The minimum absolute atomic E-state index is 0.101. The number of carbonyl (C=O) groups is 2. The predicted molar refractivity (Wildman–Crippen MR) is 114 cm³/mol. The predicted octanol–water partition coefficient (Wildman–Crippen LogP) is 3.46. The molecule has 1 aliphatic carbocycles. The van der Waals surface area contributed by atoms with Gasteiger partial charge in [-0.3, -0.25) is 14.5 Å². The number of benzene rings is 1. The van der Waals surface area contributed by atoms with Gasteiger partial charge in [0, 0.05) is 45.7 Å². The summed E-state index contributed by atoms with van der Waals surface area (Å²) >= 11 is 0. The van der Waals surface area contributed by atoms with Gasteiger partial charge >= 0.3 is 0 Å². The van der Waals surface area contributed by atoms with Gasteiger partial charge in [-0.1, -0.05) is 49.6 Å². The Hall–Kier alpha value is -1.88. The summed E-state index contributed by atoms with van der Waals surface area (Å²) in [5.41, 5.74) is 0.942. The van der Waals surface area contributed by atoms with Crippen LogP contribution in [0.5, 0.6) is 0 Å². The summed E-state index contributed by atoms with van der Waals surface area (Å²) in [4.78, 5) is 32.5. The molecule has 2 amide bonds. The lowest BCUT2D eigenvalue weighted by Crippen LogP contribution is -2.54. The SMILES string of the molecule is O=C(C(c1ccccc1)N1CCCCC1=O)N1CCN(CC2CCCCC2)CC1. The number of hydrogen-bond acceptors (Lipinski definition) is 3. The molecule has 0 spiro atoms. The van der Waals surface area contributed by atoms with Gasteiger partial charge in [0.1, 0.15) is 6.04 Å². The molecule has 1 saturated carbocycles. The number of nitrogens with zero attached hydrogens (tertiary/aromatic N) is 3. The normalized spacial score (nSPS) is 23.2. The van der Waals surface area contributed by atoms with Crippen molar-refractivity contribution in [1.82, 2.24) is 14.7 Å². The summed E-state index contributed by atoms with van der Waals surface area (Å²) in [6, 6.07) is 9.41. The van der Waals surface area contributed by atoms with Crippen molar-refractivity contribution >= 4 is 11.8 Å². The molecule has 1 aromatic rings. The van der Waals surface area contributed by atoms with E-state index in [-0.39, 0.29) is 11.8 Å². The highest BCUT2D eigenvalue weighted by atomic mass is 16.2. The monoisotopic (exact) mass is 397 g/mol. The molecule has 0 radical (unpaired) electrons. The lowest BCUT2D eigenvalue weighted by molar-refractivity contribution is -0.149. The van der Waals surface area contributed by atoms with Gasteiger partial charge in [-0.15, -0.1) is 0 Å². The fraction of sp³-hybridized carbons (Fsp3) is 0.667. The average Bonchev–Trinajstić information content (AvgIpc) is 2.77. The molecule has 0 aromatic heterocycles. The van der Waals surface area contributed by atoms with Gasteiger partial charge in [-0.25, -0.2) is 0 Å². The number of piperidine rings is 1. The molecule has 3 fully saturated rings. The lowest BCUT2D eigenvalue weighted by Gasteiger charge is -2.41. The number of amides is 2. The van der Waals surface area contributed by atoms with Crippen LogP contribution in [0.4, 0.5) is 0 Å². The van der Waals surface area contributed by atoms with Crippen LogP contribution in [0.1, 0.15) is 63.0 Å². The van der Waals surface area contributed by atoms with E-state index in [4.69, 9.17) is 0 Å². The maximum Gasteiger partial charge on any atom is 0.250 e. The fourth-order valence-electron chi connectivity index (χ4n) is 5.25. The van der Waals surface area contributed by atoms with E-state index in [0.29, 0.717) is 13.0 Å². The number of hydrogen-bond donors (Lipinski definition) is 0. The van der Waals surface area contributed by atoms with E-state index in [1.807, 2.05) is 40.1 Å². The first-order valence-electron chi connectivity index (χ1n) is 11.6. The molecule has 3 aliphatic rings. The van der Waals surface area contributed by atoms with Crippen LogP contribution in [0.25, 0.3) is 0 Å². The van der Waals surface area contributed by atoms with Gasteiger partial charge in [0.2, 0.25) is 11.8 Å². The van der Waals surface area contributed by atoms with Crippen LogP contribution in [0.15, 0.2) is 30.3 Å². The summed E-state index contributed by atoms with van der Waals surface area (Å²) in [6.07, 6.45) is 9.37. The molecule has 4 rings (SSSR count). The van der Waals surface area contributed by atoms with E-state index in [1.165, 1.54) is 38.6 Å². The second kappa shape index (κ2) is 9.75. The first-order chi connectivity index (χ1) is 14.2. The highest BCUT2D eigenvalue weighted by Gasteiger charge is 2.36. The van der Waals surface area contributed by atoms with Crippen molar-refractivity contribution in [2.75, 3.05) is 39.3 Å². The average molecular weight is 398 g/mol. The molecule has 2 heterocycles. The Morgan fingerprint density at radius 2 is 1.62 bits per heavy atom. The minimum atomic E-state index is -0.464. The van der Waals surface area contributed by atoms with Crippen molar-refractivity contribution in [2.24, 2.45) is 5.92 Å². The maximum absolute atomic E-state index is 13.6. The summed E-state index contributed by atoms with van der Waals surface area (Å²) in [7, 11) is 0. The Balaban J connectivity index is 1.41. The molecule has 0 N–H and O–H groups in total. The zero-order chi connectivity index (χ0) is 20.1. The van der Waals surface area contributed by atoms with Crippen LogP contribution >= 0.6 is 0 Å². The zero-order valence-corrected chi connectivity index (χ0v) is 17.6. The first kappa shape index (κ1) is 20.4. The van der Waals surface area contributed by atoms with Crippen LogP contribution in [0, 0.1) is 5.92 Å². The molecule has 1 unspecified atom stereocenters. The third kappa shape index (κ3) is 5.00. The Kier molecular flexibility index (Phi) is 6.86. The third-order valence-corrected chi connectivity index (χ3v) is 6.95. The van der Waals surface area contributed by atoms with E-state index < -0.39 is 6.04 Å². The van der Waals surface area contributed by atoms with Crippen molar-refractivity contribution in [1.29, 1.82) is 0 Å². The van der Waals surface area contributed by atoms with Gasteiger partial charge in [0.15, 0.2) is 0 Å². The maximum atomic E-state index is 13.6. The van der Waals surface area contributed by atoms with E-state index in [2.05, 4.69) is 4.90 Å². The molecular weight excluding hydrogens is 362 g/mol. The number of rotatable bonds is 5. The summed E-state index contributed by atoms with van der Waals surface area (Å²) in [5, 5.41) is 0. The standard InChI is InChI=1S/C24H35N3O2/c28-22-13-7-8-14-27(22)23(21-11-5-2-6-12-21)24(29)26-17-15-25(16-18-26)19-20-9-3-1-4-10-20/h2,5-6,11-12,20,23H,1,3-4,7-10,13-19H2. The van der Waals surface area contributed by atoms with E-state index >= 15 is 0 Å². The van der Waals surface area contributed by atoms with Crippen molar-refractivity contribution in [3.63, 3.8) is 0 Å². The Bertz CT molecular complexity index is 679. The molecule has 2 saturated heterocycles. The summed E-state index contributed by atoms with van der Waals surface area (Å²) < 4.78 is 0. The topological polar surface area (TPSA) is 43.9 Å². The molecule has 0 bridgehead atoms. The Morgan fingerprint density at radius 3 is 2.31 bits per heavy atom. The second-order valence-corrected chi connectivity index (χ2v) is 8.99. The quantitative estimate of drug-likeness (QED) is 0.764. The Morgan fingerprint density at radius 1 is 0.897 bits per heavy atom. The molecule has 5 nitrogen and oxygen atoms in total. The van der Waals surface area contributed by atoms with Gasteiger partial charge in [-0.05, 0) is 37.2 Å². The van der Waals surface area contributed by atoms with Crippen LogP contribution in [0.3, 0.4) is 0 Å². The van der Waals surface area contributed by atoms with Gasteiger partial charge in [0.05, 0.1) is 0 Å². The molecule has 2 aliphatic heterocycles. The van der Waals surface area contributed by atoms with Gasteiger partial charge in [-0.2, -0.15) is 0 Å². The number of piperazine rings is 1. The van der Waals surface area contributed by atoms with Crippen molar-refractivity contribution < 1.29 is 9.59 Å². The summed E-state index contributed by atoms with van der Waals surface area (Å²) in [5.74, 6) is 1.06. The van der Waals surface area contributed by atoms with E-state index in [9.17, 15) is 9.59 Å². The molecule has 158 valence electrons. The van der Waals surface area contributed by atoms with E-state index in [0.717, 1.165) is 50.5 Å². The third-order valence-electron chi connectivity index (χ3n) is 6.95. The van der Waals surface area contributed by atoms with Crippen LogP contribution in [0.2, 0.25) is 0 Å².